The Morgan fingerprint density at radius 3 is 0.840 bits per heavy atom. The standard InChI is InChI=1S/2C20H26NOP.C17H20NOP.2C16H18NOP.10ClH.5Ti/c1-13-7-8-17(15(9-13)12-21-6)23-18-11-16(20(3,4)5)10-14(2)19(18)22;1-13-7-8-17(15(9-13)12-21-6)23-18-11-14(2)10-16(19(18)22)20(3,4)5;1-11-5-6-15(14(8-11)10-18-4)20-16-9-12(2)7-13(3)17(16)19;1-11-5-7-15(13(8-11)10-17-3)19-16-9-12(2)4-6-14(16)18;1-11-7-8-14(13(9-11)10-17-3)19-15-6-4-5-12(2)16(15)18;;;;;;;;;;;;;;;/h2*7-12,22-23H,1-6H3;5-10,19-20H,1-4H3;2*4-10,18-19H,1-3H3;10*1H;;;;;/q;;;;;;;;;;;;;;;5*+2/p-10. The molecular weight excluding hydrogens is 1970 g/mol. The summed E-state index contributed by atoms with van der Waals surface area (Å²) in [5.41, 5.74) is 20.3. The summed E-state index contributed by atoms with van der Waals surface area (Å²) in [6, 6.07) is 56.0. The number of phenols is 5. The summed E-state index contributed by atoms with van der Waals surface area (Å²) in [5, 5.41) is 62.6. The van der Waals surface area contributed by atoms with Crippen LogP contribution in [0.4, 0.5) is 0 Å². The molecule has 10 rings (SSSR count). The van der Waals surface area contributed by atoms with Crippen LogP contribution in [0.1, 0.15) is 142 Å². The molecule has 119 heavy (non-hydrogen) atoms. The average molecular weight is 2080 g/mol. The summed E-state index contributed by atoms with van der Waals surface area (Å²) < 4.78 is 0. The van der Waals surface area contributed by atoms with E-state index >= 15 is 0 Å². The van der Waals surface area contributed by atoms with Gasteiger partial charge in [0.05, 0.1) is 0 Å². The third-order valence-corrected chi connectivity index (χ3v) is 23.7. The van der Waals surface area contributed by atoms with Crippen molar-refractivity contribution in [1.29, 1.82) is 0 Å². The molecule has 0 bridgehead atoms. The average Bonchev–Trinajstić information content (AvgIpc) is 0.783. The van der Waals surface area contributed by atoms with E-state index in [-0.39, 0.29) is 10.8 Å². The molecule has 0 spiro atoms. The van der Waals surface area contributed by atoms with E-state index in [0.717, 1.165) is 82.2 Å². The van der Waals surface area contributed by atoms with Gasteiger partial charge in [0.25, 0.3) is 0 Å². The number of aromatic hydroxyl groups is 5. The molecule has 5 unspecified atom stereocenters. The van der Waals surface area contributed by atoms with Gasteiger partial charge in [-0.2, -0.15) is 0 Å². The van der Waals surface area contributed by atoms with Crippen molar-refractivity contribution in [3.8, 4) is 28.7 Å². The van der Waals surface area contributed by atoms with Crippen LogP contribution in [0.2, 0.25) is 0 Å². The Balaban J connectivity index is 0.000000713. The molecule has 0 saturated carbocycles. The molecule has 0 amide bonds. The first-order valence-corrected chi connectivity index (χ1v) is 63.1. The molecule has 0 aliphatic rings. The first-order chi connectivity index (χ1) is 56.2. The third kappa shape index (κ3) is 44.2. The Kier molecular flexibility index (Phi) is 61.2. The summed E-state index contributed by atoms with van der Waals surface area (Å²) in [7, 11) is 59.9. The number of phenolic OH excluding ortho intramolecular Hbond substituents is 5. The van der Waals surface area contributed by atoms with E-state index in [2.05, 4.69) is 236 Å². The van der Waals surface area contributed by atoms with Crippen molar-refractivity contribution < 1.29 is 111 Å². The number of aliphatic imine (C=N–C) groups is 5. The van der Waals surface area contributed by atoms with Crippen molar-refractivity contribution in [2.45, 2.75) is 129 Å². The molecule has 0 heterocycles. The quantitative estimate of drug-likeness (QED) is 0.0391. The van der Waals surface area contributed by atoms with E-state index in [1.165, 1.54) is 71.0 Å². The van der Waals surface area contributed by atoms with Crippen LogP contribution in [0.3, 0.4) is 0 Å². The maximum absolute atomic E-state index is 10.8. The van der Waals surface area contributed by atoms with Crippen molar-refractivity contribution in [1.82, 2.24) is 0 Å². The summed E-state index contributed by atoms with van der Waals surface area (Å²) in [6.07, 6.45) is 9.43. The van der Waals surface area contributed by atoms with Crippen LogP contribution in [-0.4, -0.2) is 91.8 Å². The Morgan fingerprint density at radius 2 is 0.521 bits per heavy atom. The number of rotatable bonds is 15. The van der Waals surface area contributed by atoms with E-state index in [9.17, 15) is 25.5 Å². The number of para-hydroxylation sites is 1. The Morgan fingerprint density at radius 1 is 0.261 bits per heavy atom. The minimum atomic E-state index is -0.556. The third-order valence-electron chi connectivity index (χ3n) is 16.8. The maximum atomic E-state index is 10.8. The molecule has 634 valence electrons. The molecule has 30 heteroatoms. The number of nitrogens with zero attached hydrogens (tertiary/aromatic N) is 5. The van der Waals surface area contributed by atoms with Gasteiger partial charge in [-0.15, -0.1) is 0 Å². The van der Waals surface area contributed by atoms with Crippen LogP contribution in [0, 0.1) is 76.2 Å². The van der Waals surface area contributed by atoms with Gasteiger partial charge in [0.15, 0.2) is 0 Å². The Labute approximate surface area is 802 Å². The minimum absolute atomic E-state index is 0.0681. The Hall–Kier alpha value is -1.83. The van der Waals surface area contributed by atoms with Crippen LogP contribution in [0.5, 0.6) is 28.7 Å². The zero-order valence-corrected chi connectivity index (χ0v) is 91.6. The molecule has 10 aromatic rings. The van der Waals surface area contributed by atoms with Gasteiger partial charge in [-0.1, -0.05) is 221 Å². The molecule has 0 saturated heterocycles. The SMILES string of the molecule is CN=Cc1cc(C)ccc1Pc1cc(C(C)(C)C)cc(C)c1O.CN=Cc1cc(C)ccc1Pc1cc(C)cc(C(C)(C)C)c1O.CN=Cc1cc(C)ccc1Pc1cc(C)cc(C)c1O.CN=Cc1cc(C)ccc1Pc1cc(C)ccc1O.CN=Cc1cc(C)ccc1Pc1cccc(C)c1O.[Cl][Ti][Cl].[Cl][Ti][Cl].[Cl][Ti][Cl].[Cl][Ti][Cl].[Cl][Ti][Cl]. The predicted molar refractivity (Wildman–Crippen MR) is 526 cm³/mol. The second kappa shape index (κ2) is 63.2. The van der Waals surface area contributed by atoms with Crippen molar-refractivity contribution in [3.05, 3.63) is 264 Å². The van der Waals surface area contributed by atoms with Crippen LogP contribution in [0.25, 0.3) is 0 Å². The van der Waals surface area contributed by atoms with E-state index in [0.29, 0.717) is 71.7 Å². The van der Waals surface area contributed by atoms with E-state index in [1.807, 2.05) is 95.2 Å². The van der Waals surface area contributed by atoms with Gasteiger partial charge < -0.3 is 25.5 Å². The molecule has 5 N–H and O–H groups in total. The molecule has 0 fully saturated rings. The molecule has 0 radical (unpaired) electrons. The van der Waals surface area contributed by atoms with Crippen molar-refractivity contribution in [3.63, 3.8) is 0 Å². The van der Waals surface area contributed by atoms with Crippen LogP contribution in [-0.2, 0) is 96.0 Å². The first-order valence-electron chi connectivity index (χ1n) is 36.6. The normalized spacial score (nSPS) is 11.2. The summed E-state index contributed by atoms with van der Waals surface area (Å²) in [4.78, 5) is 20.7. The van der Waals surface area contributed by atoms with Gasteiger partial charge in [-0.3, -0.25) is 25.0 Å². The molecule has 10 nitrogen and oxygen atoms in total. The second-order valence-corrected chi connectivity index (χ2v) is 48.3. The van der Waals surface area contributed by atoms with Crippen molar-refractivity contribution >= 4 is 220 Å². The van der Waals surface area contributed by atoms with Gasteiger partial charge in [-0.05, 0) is 208 Å². The molecule has 0 aliphatic carbocycles. The van der Waals surface area contributed by atoms with Crippen LogP contribution in [0.15, 0.2) is 189 Å². The van der Waals surface area contributed by atoms with Gasteiger partial charge >= 0.3 is 178 Å². The number of hydrogen-bond acceptors (Lipinski definition) is 10. The van der Waals surface area contributed by atoms with E-state index in [1.54, 1.807) is 41.3 Å². The number of hydrogen-bond donors (Lipinski definition) is 5. The molecule has 0 aromatic heterocycles. The van der Waals surface area contributed by atoms with Crippen LogP contribution < -0.4 is 53.0 Å². The number of aryl methyl sites for hydroxylation is 11. The van der Waals surface area contributed by atoms with Crippen molar-refractivity contribution in [2.24, 2.45) is 25.0 Å². The fraction of sp³-hybridized carbons (Fsp3) is 0.270. The summed E-state index contributed by atoms with van der Waals surface area (Å²) in [5.74, 6) is 2.02. The van der Waals surface area contributed by atoms with Gasteiger partial charge in [0.2, 0.25) is 0 Å². The molecule has 5 atom stereocenters. The fourth-order valence-electron chi connectivity index (χ4n) is 11.3. The predicted octanol–water partition coefficient (Wildman–Crippen LogP) is 23.2. The van der Waals surface area contributed by atoms with E-state index < -0.39 is 85.2 Å². The van der Waals surface area contributed by atoms with Gasteiger partial charge in [0, 0.05) is 126 Å². The zero-order valence-electron chi connectivity index (χ0n) is 71.2. The first kappa shape index (κ1) is 115. The molecule has 0 aliphatic heterocycles. The topological polar surface area (TPSA) is 163 Å². The van der Waals surface area contributed by atoms with Crippen LogP contribution >= 0.6 is 136 Å². The second-order valence-electron chi connectivity index (χ2n) is 28.7. The monoisotopic (exact) mass is 2070 g/mol. The summed E-state index contributed by atoms with van der Waals surface area (Å²) >= 11 is -2.78. The van der Waals surface area contributed by atoms with Gasteiger partial charge in [-0.25, -0.2) is 0 Å². The number of halogens is 10. The Bertz CT molecular complexity index is 4810. The molecule has 10 aromatic carbocycles. The zero-order chi connectivity index (χ0) is 90.3. The van der Waals surface area contributed by atoms with Gasteiger partial charge in [0.1, 0.15) is 28.7 Å². The number of benzene rings is 10. The van der Waals surface area contributed by atoms with E-state index in [4.69, 9.17) is 93.0 Å². The van der Waals surface area contributed by atoms with Crippen molar-refractivity contribution in [2.75, 3.05) is 35.2 Å². The summed E-state index contributed by atoms with van der Waals surface area (Å²) in [6.45, 7) is 35.4. The molecular formula is C89H108Cl10N5O5P5Ti5. The fourth-order valence-corrected chi connectivity index (χ4v) is 17.7.